The highest BCUT2D eigenvalue weighted by molar-refractivity contribution is 5.68. The van der Waals surface area contributed by atoms with Gasteiger partial charge >= 0.3 is 5.97 Å². The van der Waals surface area contributed by atoms with Crippen molar-refractivity contribution in [2.75, 3.05) is 0 Å². The SMILES string of the molecule is C[C@](N)(CC(=O)O)c1ccc(F)c(F)c1. The number of carboxylic acid groups (broad SMARTS) is 1. The smallest absolute Gasteiger partial charge is 0.305 e. The maximum absolute atomic E-state index is 12.9. The van der Waals surface area contributed by atoms with Crippen LogP contribution >= 0.6 is 0 Å². The molecule has 5 heteroatoms. The van der Waals surface area contributed by atoms with Crippen LogP contribution in [0, 0.1) is 11.6 Å². The van der Waals surface area contributed by atoms with E-state index < -0.39 is 23.1 Å². The van der Waals surface area contributed by atoms with Gasteiger partial charge in [-0.25, -0.2) is 8.78 Å². The molecule has 0 bridgehead atoms. The molecule has 0 aromatic heterocycles. The summed E-state index contributed by atoms with van der Waals surface area (Å²) in [6.45, 7) is 1.45. The van der Waals surface area contributed by atoms with E-state index in [0.717, 1.165) is 12.1 Å². The minimum absolute atomic E-state index is 0.254. The summed E-state index contributed by atoms with van der Waals surface area (Å²) in [6.07, 6.45) is -0.349. The Bertz CT molecular complexity index is 391. The van der Waals surface area contributed by atoms with Crippen molar-refractivity contribution in [2.24, 2.45) is 5.73 Å². The van der Waals surface area contributed by atoms with Gasteiger partial charge in [0.15, 0.2) is 11.6 Å². The molecule has 3 nitrogen and oxygen atoms in total. The first-order valence-corrected chi connectivity index (χ1v) is 4.29. The first-order valence-electron chi connectivity index (χ1n) is 4.29. The number of carbonyl (C=O) groups is 1. The normalized spacial score (nSPS) is 14.7. The molecule has 0 radical (unpaired) electrons. The molecule has 1 aromatic carbocycles. The summed E-state index contributed by atoms with van der Waals surface area (Å²) in [4.78, 5) is 10.5. The van der Waals surface area contributed by atoms with Gasteiger partial charge < -0.3 is 10.8 Å². The van der Waals surface area contributed by atoms with Crippen LogP contribution in [0.3, 0.4) is 0 Å². The Morgan fingerprint density at radius 1 is 1.47 bits per heavy atom. The maximum atomic E-state index is 12.9. The van der Waals surface area contributed by atoms with Gasteiger partial charge in [0.2, 0.25) is 0 Å². The first-order chi connectivity index (χ1) is 6.83. The van der Waals surface area contributed by atoms with Crippen molar-refractivity contribution in [1.82, 2.24) is 0 Å². The highest BCUT2D eigenvalue weighted by Crippen LogP contribution is 2.23. The predicted molar refractivity (Wildman–Crippen MR) is 50.2 cm³/mol. The highest BCUT2D eigenvalue weighted by atomic mass is 19.2. The van der Waals surface area contributed by atoms with Crippen molar-refractivity contribution < 1.29 is 18.7 Å². The number of hydrogen-bond donors (Lipinski definition) is 2. The minimum Gasteiger partial charge on any atom is -0.481 e. The fourth-order valence-electron chi connectivity index (χ4n) is 1.27. The van der Waals surface area contributed by atoms with Crippen molar-refractivity contribution in [3.8, 4) is 0 Å². The summed E-state index contributed by atoms with van der Waals surface area (Å²) in [5, 5.41) is 8.59. The molecule has 0 aliphatic carbocycles. The predicted octanol–water partition coefficient (Wildman–Crippen LogP) is 1.61. The van der Waals surface area contributed by atoms with E-state index in [4.69, 9.17) is 10.8 Å². The first kappa shape index (κ1) is 11.6. The molecule has 1 rings (SSSR count). The van der Waals surface area contributed by atoms with Gasteiger partial charge in [-0.15, -0.1) is 0 Å². The summed E-state index contributed by atoms with van der Waals surface area (Å²) in [7, 11) is 0. The van der Waals surface area contributed by atoms with Crippen LogP contribution in [0.1, 0.15) is 18.9 Å². The third-order valence-corrected chi connectivity index (χ3v) is 2.10. The number of benzene rings is 1. The van der Waals surface area contributed by atoms with Gasteiger partial charge in [-0.3, -0.25) is 4.79 Å². The zero-order valence-electron chi connectivity index (χ0n) is 8.13. The molecule has 0 fully saturated rings. The quantitative estimate of drug-likeness (QED) is 0.805. The van der Waals surface area contributed by atoms with Crippen molar-refractivity contribution >= 4 is 5.97 Å². The molecule has 0 heterocycles. The Kier molecular flexibility index (Phi) is 3.04. The molecule has 0 saturated heterocycles. The monoisotopic (exact) mass is 215 g/mol. The number of hydrogen-bond acceptors (Lipinski definition) is 2. The molecule has 3 N–H and O–H groups in total. The summed E-state index contributed by atoms with van der Waals surface area (Å²) in [6, 6.07) is 3.12. The summed E-state index contributed by atoms with van der Waals surface area (Å²) < 4.78 is 25.5. The molecule has 0 unspecified atom stereocenters. The van der Waals surface area contributed by atoms with Crippen LogP contribution in [0.4, 0.5) is 8.78 Å². The Balaban J connectivity index is 3.04. The highest BCUT2D eigenvalue weighted by Gasteiger charge is 2.25. The van der Waals surface area contributed by atoms with E-state index in [1.165, 1.54) is 13.0 Å². The van der Waals surface area contributed by atoms with E-state index >= 15 is 0 Å². The van der Waals surface area contributed by atoms with E-state index in [1.54, 1.807) is 0 Å². The lowest BCUT2D eigenvalue weighted by Gasteiger charge is -2.23. The number of carboxylic acids is 1. The molecule has 0 aliphatic rings. The van der Waals surface area contributed by atoms with Crippen LogP contribution < -0.4 is 5.73 Å². The summed E-state index contributed by atoms with van der Waals surface area (Å²) in [5.74, 6) is -3.11. The fraction of sp³-hybridized carbons (Fsp3) is 0.300. The second-order valence-corrected chi connectivity index (χ2v) is 3.62. The van der Waals surface area contributed by atoms with Crippen LogP contribution in [0.5, 0.6) is 0 Å². The lowest BCUT2D eigenvalue weighted by Crippen LogP contribution is -2.35. The summed E-state index contributed by atoms with van der Waals surface area (Å²) >= 11 is 0. The van der Waals surface area contributed by atoms with Gasteiger partial charge in [0, 0.05) is 5.54 Å². The second-order valence-electron chi connectivity index (χ2n) is 3.62. The van der Waals surface area contributed by atoms with Crippen molar-refractivity contribution in [3.05, 3.63) is 35.4 Å². The van der Waals surface area contributed by atoms with Crippen LogP contribution in [-0.4, -0.2) is 11.1 Å². The zero-order chi connectivity index (χ0) is 11.6. The molecule has 1 atom stereocenters. The van der Waals surface area contributed by atoms with Gasteiger partial charge in [-0.2, -0.15) is 0 Å². The molecule has 0 saturated carbocycles. The number of rotatable bonds is 3. The average molecular weight is 215 g/mol. The molecule has 0 spiro atoms. The van der Waals surface area contributed by atoms with E-state index in [1.807, 2.05) is 0 Å². The van der Waals surface area contributed by atoms with Crippen molar-refractivity contribution in [2.45, 2.75) is 18.9 Å². The van der Waals surface area contributed by atoms with Crippen LogP contribution in [-0.2, 0) is 10.3 Å². The molecule has 1 aromatic rings. The van der Waals surface area contributed by atoms with E-state index in [9.17, 15) is 13.6 Å². The largest absolute Gasteiger partial charge is 0.481 e. The minimum atomic E-state index is -1.21. The van der Waals surface area contributed by atoms with E-state index in [2.05, 4.69) is 0 Å². The van der Waals surface area contributed by atoms with Crippen LogP contribution in [0.25, 0.3) is 0 Å². The number of halogens is 2. The Labute approximate surface area is 85.5 Å². The lowest BCUT2D eigenvalue weighted by atomic mass is 9.90. The van der Waals surface area contributed by atoms with Gasteiger partial charge in [-0.1, -0.05) is 6.07 Å². The van der Waals surface area contributed by atoms with Crippen LogP contribution in [0.15, 0.2) is 18.2 Å². The Morgan fingerprint density at radius 3 is 2.53 bits per heavy atom. The lowest BCUT2D eigenvalue weighted by molar-refractivity contribution is -0.138. The van der Waals surface area contributed by atoms with Crippen molar-refractivity contribution in [1.29, 1.82) is 0 Å². The summed E-state index contributed by atoms with van der Waals surface area (Å²) in [5.41, 5.74) is 4.73. The molecule has 0 aliphatic heterocycles. The molecule has 15 heavy (non-hydrogen) atoms. The van der Waals surface area contributed by atoms with Crippen LogP contribution in [0.2, 0.25) is 0 Å². The Hall–Kier alpha value is -1.49. The Morgan fingerprint density at radius 2 is 2.07 bits per heavy atom. The van der Waals surface area contributed by atoms with E-state index in [0.29, 0.717) is 0 Å². The average Bonchev–Trinajstić information content (AvgIpc) is 2.07. The molecular weight excluding hydrogens is 204 g/mol. The van der Waals surface area contributed by atoms with Crippen molar-refractivity contribution in [3.63, 3.8) is 0 Å². The van der Waals surface area contributed by atoms with Gasteiger partial charge in [-0.05, 0) is 24.6 Å². The zero-order valence-corrected chi connectivity index (χ0v) is 8.13. The van der Waals surface area contributed by atoms with Gasteiger partial charge in [0.05, 0.1) is 6.42 Å². The van der Waals surface area contributed by atoms with E-state index in [-0.39, 0.29) is 12.0 Å². The topological polar surface area (TPSA) is 63.3 Å². The number of aliphatic carboxylic acids is 1. The van der Waals surface area contributed by atoms with Gasteiger partial charge in [0.25, 0.3) is 0 Å². The fourth-order valence-corrected chi connectivity index (χ4v) is 1.27. The third-order valence-electron chi connectivity index (χ3n) is 2.10. The molecule has 0 amide bonds. The molecular formula is C10H11F2NO2. The molecule has 82 valence electrons. The standard InChI is InChI=1S/C10H11F2NO2/c1-10(13,5-9(14)15)6-2-3-7(11)8(12)4-6/h2-4H,5,13H2,1H3,(H,14,15)/t10-/m0/s1. The maximum Gasteiger partial charge on any atom is 0.305 e. The number of nitrogens with two attached hydrogens (primary N) is 1. The third kappa shape index (κ3) is 2.73. The van der Waals surface area contributed by atoms with Gasteiger partial charge in [0.1, 0.15) is 0 Å². The second kappa shape index (κ2) is 3.94.